The van der Waals surface area contributed by atoms with Crippen LogP contribution in [0, 0.1) is 0 Å². The van der Waals surface area contributed by atoms with Crippen LogP contribution in [0.5, 0.6) is 0 Å². The van der Waals surface area contributed by atoms with E-state index < -0.39 is 0 Å². The number of rotatable bonds is 4. The average Bonchev–Trinajstić information content (AvgIpc) is 2.68. The summed E-state index contributed by atoms with van der Waals surface area (Å²) in [6.45, 7) is 2.06. The maximum Gasteiger partial charge on any atom is 0.223 e. The topological polar surface area (TPSA) is 93.7 Å². The Morgan fingerprint density at radius 3 is 2.72 bits per heavy atom. The second-order valence-electron chi connectivity index (χ2n) is 3.89. The summed E-state index contributed by atoms with van der Waals surface area (Å²) in [5, 5.41) is 10.5. The van der Waals surface area contributed by atoms with E-state index in [0.717, 1.165) is 17.8 Å². The Labute approximate surface area is 105 Å². The third-order valence-corrected chi connectivity index (χ3v) is 2.50. The largest absolute Gasteiger partial charge is 0.373 e. The Balaban J connectivity index is 2.30. The van der Waals surface area contributed by atoms with Crippen molar-refractivity contribution in [3.8, 4) is 0 Å². The van der Waals surface area contributed by atoms with E-state index in [2.05, 4.69) is 32.6 Å². The number of nitrogens with one attached hydrogen (secondary N) is 2. The van der Waals surface area contributed by atoms with E-state index in [-0.39, 0.29) is 5.95 Å². The van der Waals surface area contributed by atoms with Gasteiger partial charge in [0.15, 0.2) is 0 Å². The molecule has 18 heavy (non-hydrogen) atoms. The van der Waals surface area contributed by atoms with Crippen molar-refractivity contribution < 1.29 is 0 Å². The summed E-state index contributed by atoms with van der Waals surface area (Å²) in [4.78, 5) is 8.18. The van der Waals surface area contributed by atoms with Crippen molar-refractivity contribution in [1.29, 1.82) is 0 Å². The van der Waals surface area contributed by atoms with E-state index in [1.165, 1.54) is 0 Å². The van der Waals surface area contributed by atoms with Gasteiger partial charge in [-0.15, -0.1) is 0 Å². The van der Waals surface area contributed by atoms with Gasteiger partial charge in [0.1, 0.15) is 11.6 Å². The number of nitrogens with zero attached hydrogens (tertiary/aromatic N) is 4. The maximum atomic E-state index is 5.64. The predicted octanol–water partition coefficient (Wildman–Crippen LogP) is 1.14. The normalized spacial score (nSPS) is 10.4. The molecule has 0 fully saturated rings. The lowest BCUT2D eigenvalue weighted by Gasteiger charge is -2.07. The lowest BCUT2D eigenvalue weighted by atomic mass is 10.3. The summed E-state index contributed by atoms with van der Waals surface area (Å²) >= 11 is 0. The zero-order valence-electron chi connectivity index (χ0n) is 10.7. The summed E-state index contributed by atoms with van der Waals surface area (Å²) in [6, 6.07) is 1.79. The van der Waals surface area contributed by atoms with E-state index in [0.29, 0.717) is 11.6 Å². The molecule has 4 N–H and O–H groups in total. The summed E-state index contributed by atoms with van der Waals surface area (Å²) < 4.78 is 1.77. The van der Waals surface area contributed by atoms with Gasteiger partial charge in [0.2, 0.25) is 5.95 Å². The Hall–Kier alpha value is -2.31. The molecule has 0 aliphatic heterocycles. The van der Waals surface area contributed by atoms with Gasteiger partial charge >= 0.3 is 0 Å². The van der Waals surface area contributed by atoms with E-state index in [9.17, 15) is 0 Å². The van der Waals surface area contributed by atoms with Crippen LogP contribution in [-0.4, -0.2) is 26.8 Å². The highest BCUT2D eigenvalue weighted by atomic mass is 15.3. The van der Waals surface area contributed by atoms with Gasteiger partial charge in [-0.3, -0.25) is 4.68 Å². The molecular weight excluding hydrogens is 230 g/mol. The van der Waals surface area contributed by atoms with Gasteiger partial charge in [0.25, 0.3) is 0 Å². The second-order valence-corrected chi connectivity index (χ2v) is 3.89. The minimum atomic E-state index is 0.228. The lowest BCUT2D eigenvalue weighted by Crippen LogP contribution is -2.03. The molecule has 0 saturated heterocycles. The zero-order chi connectivity index (χ0) is 13.1. The third kappa shape index (κ3) is 2.50. The molecule has 2 rings (SSSR count). The molecule has 0 atom stereocenters. The van der Waals surface area contributed by atoms with Gasteiger partial charge < -0.3 is 16.4 Å². The summed E-state index contributed by atoms with van der Waals surface area (Å²) in [5.74, 6) is 1.55. The van der Waals surface area contributed by atoms with Crippen molar-refractivity contribution in [2.75, 3.05) is 23.4 Å². The number of aromatic nitrogens is 4. The first-order valence-corrected chi connectivity index (χ1v) is 5.74. The molecule has 7 heteroatoms. The van der Waals surface area contributed by atoms with Crippen LogP contribution in [-0.2, 0) is 13.5 Å². The van der Waals surface area contributed by atoms with Crippen molar-refractivity contribution in [1.82, 2.24) is 19.7 Å². The Morgan fingerprint density at radius 2 is 2.06 bits per heavy atom. The average molecular weight is 247 g/mol. The maximum absolute atomic E-state index is 5.64. The minimum absolute atomic E-state index is 0.228. The fourth-order valence-electron chi connectivity index (χ4n) is 1.70. The Morgan fingerprint density at radius 1 is 1.33 bits per heavy atom. The molecular formula is C11H17N7. The van der Waals surface area contributed by atoms with Crippen LogP contribution in [0.3, 0.4) is 0 Å². The van der Waals surface area contributed by atoms with Gasteiger partial charge in [0.05, 0.1) is 11.4 Å². The minimum Gasteiger partial charge on any atom is -0.373 e. The molecule has 7 nitrogen and oxygen atoms in total. The van der Waals surface area contributed by atoms with Crippen LogP contribution in [0.1, 0.15) is 12.6 Å². The first-order valence-electron chi connectivity index (χ1n) is 5.74. The van der Waals surface area contributed by atoms with Crippen LogP contribution < -0.4 is 16.4 Å². The van der Waals surface area contributed by atoms with E-state index in [1.807, 2.05) is 13.2 Å². The SMILES string of the molecule is CCc1nn(C)cc1Nc1cc(NC)nc(N)n1. The van der Waals surface area contributed by atoms with Gasteiger partial charge in [-0.25, -0.2) is 0 Å². The summed E-state index contributed by atoms with van der Waals surface area (Å²) in [7, 11) is 3.67. The molecule has 0 aromatic carbocycles. The number of hydrogen-bond donors (Lipinski definition) is 3. The van der Waals surface area contributed by atoms with E-state index in [4.69, 9.17) is 5.73 Å². The highest BCUT2D eigenvalue weighted by Crippen LogP contribution is 2.20. The molecule has 0 aliphatic rings. The molecule has 0 bridgehead atoms. The highest BCUT2D eigenvalue weighted by molar-refractivity contribution is 5.61. The van der Waals surface area contributed by atoms with Gasteiger partial charge in [-0.1, -0.05) is 6.92 Å². The predicted molar refractivity (Wildman–Crippen MR) is 71.9 cm³/mol. The molecule has 2 heterocycles. The van der Waals surface area contributed by atoms with Crippen LogP contribution in [0.4, 0.5) is 23.3 Å². The molecule has 0 aliphatic carbocycles. The molecule has 0 radical (unpaired) electrons. The number of hydrogen-bond acceptors (Lipinski definition) is 6. The first kappa shape index (κ1) is 12.2. The van der Waals surface area contributed by atoms with Gasteiger partial charge in [-0.05, 0) is 6.42 Å². The van der Waals surface area contributed by atoms with Crippen LogP contribution in [0.2, 0.25) is 0 Å². The van der Waals surface area contributed by atoms with Crippen LogP contribution in [0.15, 0.2) is 12.3 Å². The molecule has 0 spiro atoms. The highest BCUT2D eigenvalue weighted by Gasteiger charge is 2.08. The summed E-state index contributed by atoms with van der Waals surface area (Å²) in [5.41, 5.74) is 7.56. The van der Waals surface area contributed by atoms with Gasteiger partial charge in [0, 0.05) is 26.4 Å². The van der Waals surface area contributed by atoms with Crippen LogP contribution in [0.25, 0.3) is 0 Å². The number of nitrogens with two attached hydrogens (primary N) is 1. The molecule has 0 saturated carbocycles. The first-order chi connectivity index (χ1) is 8.62. The fraction of sp³-hybridized carbons (Fsp3) is 0.364. The van der Waals surface area contributed by atoms with E-state index in [1.54, 1.807) is 17.8 Å². The number of nitrogen functional groups attached to an aromatic ring is 1. The van der Waals surface area contributed by atoms with Crippen LogP contribution >= 0.6 is 0 Å². The van der Waals surface area contributed by atoms with Crippen molar-refractivity contribution in [3.63, 3.8) is 0 Å². The Kier molecular flexibility index (Phi) is 3.31. The third-order valence-electron chi connectivity index (χ3n) is 2.50. The second kappa shape index (κ2) is 4.91. The monoisotopic (exact) mass is 247 g/mol. The quantitative estimate of drug-likeness (QED) is 0.750. The lowest BCUT2D eigenvalue weighted by molar-refractivity contribution is 0.746. The molecule has 2 aromatic rings. The van der Waals surface area contributed by atoms with Crippen molar-refractivity contribution in [2.45, 2.75) is 13.3 Å². The summed E-state index contributed by atoms with van der Waals surface area (Å²) in [6.07, 6.45) is 2.76. The molecule has 2 aromatic heterocycles. The molecule has 96 valence electrons. The van der Waals surface area contributed by atoms with E-state index >= 15 is 0 Å². The van der Waals surface area contributed by atoms with Gasteiger partial charge in [-0.2, -0.15) is 15.1 Å². The number of aryl methyl sites for hydroxylation is 2. The smallest absolute Gasteiger partial charge is 0.223 e. The standard InChI is InChI=1S/C11H17N7/c1-4-7-8(6-18(3)17-7)14-10-5-9(13-2)15-11(12)16-10/h5-6H,4H2,1-3H3,(H4,12,13,14,15,16). The fourth-order valence-corrected chi connectivity index (χ4v) is 1.70. The van der Waals surface area contributed by atoms with Crippen molar-refractivity contribution in [2.24, 2.45) is 7.05 Å². The van der Waals surface area contributed by atoms with Crippen molar-refractivity contribution in [3.05, 3.63) is 18.0 Å². The Bertz CT molecular complexity index is 546. The molecule has 0 unspecified atom stereocenters. The number of anilines is 4. The van der Waals surface area contributed by atoms with Crippen molar-refractivity contribution >= 4 is 23.3 Å². The molecule has 0 amide bonds. The zero-order valence-corrected chi connectivity index (χ0v) is 10.7.